The lowest BCUT2D eigenvalue weighted by Gasteiger charge is -2.09. The minimum Gasteiger partial charge on any atom is -0.267 e. The van der Waals surface area contributed by atoms with Gasteiger partial charge in [-0.1, -0.05) is 82.9 Å². The van der Waals surface area contributed by atoms with Gasteiger partial charge in [0.05, 0.1) is 11.5 Å². The normalized spacial score (nSPS) is 11.8. The van der Waals surface area contributed by atoms with Crippen LogP contribution in [0.2, 0.25) is 0 Å². The topological polar surface area (TPSA) is 43.4 Å². The van der Waals surface area contributed by atoms with Crippen LogP contribution in [-0.4, -0.2) is 15.0 Å². The number of benzene rings is 1. The molecular formula is C20H34O3S. The largest absolute Gasteiger partial charge is 0.297 e. The van der Waals surface area contributed by atoms with E-state index >= 15 is 0 Å². The molecule has 3 nitrogen and oxygen atoms in total. The lowest BCUT2D eigenvalue weighted by Crippen LogP contribution is -2.09. The van der Waals surface area contributed by atoms with Gasteiger partial charge in [-0.2, -0.15) is 8.42 Å². The molecule has 0 atom stereocenters. The van der Waals surface area contributed by atoms with Gasteiger partial charge >= 0.3 is 0 Å². The predicted molar refractivity (Wildman–Crippen MR) is 101 cm³/mol. The summed E-state index contributed by atoms with van der Waals surface area (Å²) in [5.74, 6) is 0. The van der Waals surface area contributed by atoms with Crippen molar-refractivity contribution in [3.63, 3.8) is 0 Å². The zero-order valence-electron chi connectivity index (χ0n) is 15.4. The van der Waals surface area contributed by atoms with E-state index in [2.05, 4.69) is 6.92 Å². The number of rotatable bonds is 14. The standard InChI is InChI=1S/C20H34O3S/c1-3-5-6-7-8-9-10-11-12-13-16-19-17-14-15-18-20(19)24(21,22)23-4-2/h14-15,17-18H,3-13,16H2,1-2H3. The predicted octanol–water partition coefficient (Wildman–Crippen LogP) is 5.88. The maximum absolute atomic E-state index is 12.1. The van der Waals surface area contributed by atoms with Crippen LogP contribution in [-0.2, 0) is 20.7 Å². The smallest absolute Gasteiger partial charge is 0.267 e. The molecule has 0 N–H and O–H groups in total. The second-order valence-corrected chi connectivity index (χ2v) is 7.98. The number of aryl methyl sites for hydroxylation is 1. The molecule has 0 heterocycles. The van der Waals surface area contributed by atoms with Gasteiger partial charge in [0, 0.05) is 0 Å². The Labute approximate surface area is 148 Å². The van der Waals surface area contributed by atoms with Crippen molar-refractivity contribution in [2.24, 2.45) is 0 Å². The van der Waals surface area contributed by atoms with Crippen LogP contribution in [0.1, 0.15) is 83.6 Å². The monoisotopic (exact) mass is 354 g/mol. The van der Waals surface area contributed by atoms with E-state index in [0.29, 0.717) is 4.90 Å². The highest BCUT2D eigenvalue weighted by Gasteiger charge is 2.17. The van der Waals surface area contributed by atoms with Crippen LogP contribution in [0.5, 0.6) is 0 Å². The molecule has 1 aromatic rings. The van der Waals surface area contributed by atoms with Gasteiger partial charge < -0.3 is 0 Å². The maximum atomic E-state index is 12.1. The molecule has 0 amide bonds. The molecule has 0 aliphatic heterocycles. The Bertz CT molecular complexity index is 538. The molecule has 1 aromatic carbocycles. The van der Waals surface area contributed by atoms with Gasteiger partial charge in [0.2, 0.25) is 0 Å². The van der Waals surface area contributed by atoms with Gasteiger partial charge in [-0.15, -0.1) is 0 Å². The molecule has 0 aromatic heterocycles. The van der Waals surface area contributed by atoms with E-state index in [9.17, 15) is 8.42 Å². The first kappa shape index (κ1) is 21.2. The van der Waals surface area contributed by atoms with Crippen LogP contribution in [0.3, 0.4) is 0 Å². The minimum atomic E-state index is -3.60. The Balaban J connectivity index is 2.26. The molecule has 0 aliphatic rings. The quantitative estimate of drug-likeness (QED) is 0.310. The maximum Gasteiger partial charge on any atom is 0.297 e. The first-order valence-corrected chi connectivity index (χ1v) is 11.0. The number of unbranched alkanes of at least 4 members (excludes halogenated alkanes) is 9. The third-order valence-electron chi connectivity index (χ3n) is 4.31. The first-order chi connectivity index (χ1) is 11.6. The van der Waals surface area contributed by atoms with Crippen LogP contribution >= 0.6 is 0 Å². The molecule has 0 radical (unpaired) electrons. The van der Waals surface area contributed by atoms with E-state index in [1.807, 2.05) is 12.1 Å². The minimum absolute atomic E-state index is 0.176. The Morgan fingerprint density at radius 3 is 1.92 bits per heavy atom. The number of hydrogen-bond donors (Lipinski definition) is 0. The molecule has 0 unspecified atom stereocenters. The van der Waals surface area contributed by atoms with Gasteiger partial charge in [-0.05, 0) is 31.4 Å². The zero-order chi connectivity index (χ0) is 17.7. The first-order valence-electron chi connectivity index (χ1n) is 9.59. The summed E-state index contributed by atoms with van der Waals surface area (Å²) in [6, 6.07) is 7.21. The third kappa shape index (κ3) is 8.29. The molecule has 24 heavy (non-hydrogen) atoms. The molecule has 0 saturated carbocycles. The molecule has 0 aliphatic carbocycles. The Morgan fingerprint density at radius 2 is 1.33 bits per heavy atom. The summed E-state index contributed by atoms with van der Waals surface area (Å²) in [7, 11) is -3.60. The second kappa shape index (κ2) is 12.5. The van der Waals surface area contributed by atoms with Crippen LogP contribution in [0.25, 0.3) is 0 Å². The highest BCUT2D eigenvalue weighted by molar-refractivity contribution is 7.86. The fourth-order valence-corrected chi connectivity index (χ4v) is 4.15. The summed E-state index contributed by atoms with van der Waals surface area (Å²) in [6.45, 7) is 4.12. The average Bonchev–Trinajstić information content (AvgIpc) is 2.57. The van der Waals surface area contributed by atoms with Crippen molar-refractivity contribution in [3.05, 3.63) is 29.8 Å². The molecule has 0 spiro atoms. The van der Waals surface area contributed by atoms with Crippen molar-refractivity contribution < 1.29 is 12.6 Å². The van der Waals surface area contributed by atoms with Gasteiger partial charge in [0.15, 0.2) is 0 Å². The molecule has 1 rings (SSSR count). The van der Waals surface area contributed by atoms with Crippen molar-refractivity contribution in [1.29, 1.82) is 0 Å². The van der Waals surface area contributed by atoms with E-state index in [1.54, 1.807) is 19.1 Å². The van der Waals surface area contributed by atoms with Crippen LogP contribution in [0, 0.1) is 0 Å². The SMILES string of the molecule is CCCCCCCCCCCCc1ccccc1S(=O)(=O)OCC. The van der Waals surface area contributed by atoms with Gasteiger partial charge in [0.1, 0.15) is 0 Å². The van der Waals surface area contributed by atoms with E-state index < -0.39 is 10.1 Å². The summed E-state index contributed by atoms with van der Waals surface area (Å²) in [5, 5.41) is 0. The van der Waals surface area contributed by atoms with E-state index in [4.69, 9.17) is 4.18 Å². The summed E-state index contributed by atoms with van der Waals surface area (Å²) in [5.41, 5.74) is 0.880. The average molecular weight is 355 g/mol. The van der Waals surface area contributed by atoms with Crippen LogP contribution in [0.15, 0.2) is 29.2 Å². The molecular weight excluding hydrogens is 320 g/mol. The van der Waals surface area contributed by atoms with Gasteiger partial charge in [-0.3, -0.25) is 4.18 Å². The zero-order valence-corrected chi connectivity index (χ0v) is 16.2. The highest BCUT2D eigenvalue weighted by atomic mass is 32.2. The van der Waals surface area contributed by atoms with Crippen molar-refractivity contribution in [2.75, 3.05) is 6.61 Å². The summed E-state index contributed by atoms with van der Waals surface area (Å²) in [4.78, 5) is 0.336. The Kier molecular flexibility index (Phi) is 11.0. The molecule has 0 saturated heterocycles. The van der Waals surface area contributed by atoms with E-state index in [-0.39, 0.29) is 6.61 Å². The fourth-order valence-electron chi connectivity index (χ4n) is 2.98. The molecule has 4 heteroatoms. The highest BCUT2D eigenvalue weighted by Crippen LogP contribution is 2.20. The third-order valence-corrected chi connectivity index (χ3v) is 5.80. The lowest BCUT2D eigenvalue weighted by molar-refractivity contribution is 0.337. The summed E-state index contributed by atoms with van der Waals surface area (Å²) < 4.78 is 29.2. The van der Waals surface area contributed by atoms with E-state index in [1.165, 1.54) is 51.4 Å². The second-order valence-electron chi connectivity index (χ2n) is 6.40. The Hall–Kier alpha value is -0.870. The Morgan fingerprint density at radius 1 is 0.792 bits per heavy atom. The molecule has 0 bridgehead atoms. The molecule has 0 fully saturated rings. The van der Waals surface area contributed by atoms with Crippen molar-refractivity contribution in [2.45, 2.75) is 89.4 Å². The number of hydrogen-bond acceptors (Lipinski definition) is 3. The van der Waals surface area contributed by atoms with E-state index in [0.717, 1.165) is 24.8 Å². The van der Waals surface area contributed by atoms with Crippen molar-refractivity contribution >= 4 is 10.1 Å². The van der Waals surface area contributed by atoms with Crippen LogP contribution < -0.4 is 0 Å². The fraction of sp³-hybridized carbons (Fsp3) is 0.700. The molecule has 138 valence electrons. The van der Waals surface area contributed by atoms with Crippen molar-refractivity contribution in [1.82, 2.24) is 0 Å². The summed E-state index contributed by atoms with van der Waals surface area (Å²) >= 11 is 0. The van der Waals surface area contributed by atoms with Crippen molar-refractivity contribution in [3.8, 4) is 0 Å². The lowest BCUT2D eigenvalue weighted by atomic mass is 10.0. The summed E-state index contributed by atoms with van der Waals surface area (Å²) in [6.07, 6.45) is 13.7. The van der Waals surface area contributed by atoms with Gasteiger partial charge in [0.25, 0.3) is 10.1 Å². The van der Waals surface area contributed by atoms with Gasteiger partial charge in [-0.25, -0.2) is 0 Å². The van der Waals surface area contributed by atoms with Crippen LogP contribution in [0.4, 0.5) is 0 Å².